The van der Waals surface area contributed by atoms with Crippen molar-refractivity contribution in [3.63, 3.8) is 0 Å². The van der Waals surface area contributed by atoms with Crippen LogP contribution >= 0.6 is 0 Å². The first-order chi connectivity index (χ1) is 13.2. The van der Waals surface area contributed by atoms with Gasteiger partial charge in [0.15, 0.2) is 0 Å². The Morgan fingerprint density at radius 2 is 1.86 bits per heavy atom. The summed E-state index contributed by atoms with van der Waals surface area (Å²) in [4.78, 5) is 12.4. The van der Waals surface area contributed by atoms with E-state index < -0.39 is 17.4 Å². The molecule has 2 aliphatic rings. The van der Waals surface area contributed by atoms with Gasteiger partial charge in [-0.2, -0.15) is 13.2 Å². The Labute approximate surface area is 172 Å². The van der Waals surface area contributed by atoms with Crippen molar-refractivity contribution < 1.29 is 28.2 Å². The second-order valence-electron chi connectivity index (χ2n) is 10.1. The van der Waals surface area contributed by atoms with Gasteiger partial charge in [-0.25, -0.2) is 0 Å². The molecule has 2 rings (SSSR count). The molecule has 0 saturated heterocycles. The molecule has 5 atom stereocenters. The number of rotatable bonds is 6. The van der Waals surface area contributed by atoms with Crippen LogP contribution in [0.1, 0.15) is 85.5 Å². The number of carbonyl (C=O) groups is 1. The van der Waals surface area contributed by atoms with Crippen molar-refractivity contribution in [2.24, 2.45) is 23.2 Å². The molecule has 0 aromatic rings. The molecule has 2 aliphatic carbocycles. The van der Waals surface area contributed by atoms with Gasteiger partial charge in [-0.1, -0.05) is 25.2 Å². The molecule has 0 aliphatic heterocycles. The molecule has 0 bridgehead atoms. The van der Waals surface area contributed by atoms with Crippen molar-refractivity contribution in [3.8, 4) is 11.8 Å². The Morgan fingerprint density at radius 3 is 2.45 bits per heavy atom. The highest BCUT2D eigenvalue weighted by Crippen LogP contribution is 2.57. The fourth-order valence-electron chi connectivity index (χ4n) is 5.41. The number of hydrogen-bond donors (Lipinski definition) is 2. The zero-order chi connectivity index (χ0) is 22.1. The molecule has 3 nitrogen and oxygen atoms in total. The van der Waals surface area contributed by atoms with Gasteiger partial charge in [0.2, 0.25) is 5.60 Å². The van der Waals surface area contributed by atoms with E-state index in [-0.39, 0.29) is 29.6 Å². The maximum atomic E-state index is 12.9. The van der Waals surface area contributed by atoms with E-state index in [0.717, 1.165) is 38.5 Å². The summed E-state index contributed by atoms with van der Waals surface area (Å²) in [6.07, 6.45) is 1.75. The number of halogens is 3. The SMILES string of the molecule is CC(C)(O)CCC[C@@H](CC#CC(C)(O)C(F)(F)F)[C@H]1CCC2C(=O)CCC[C@@]21C. The number of carbonyl (C=O) groups excluding carboxylic acids is 1. The number of fused-ring (bicyclic) bond motifs is 1. The molecule has 0 heterocycles. The van der Waals surface area contributed by atoms with Crippen LogP contribution in [0.15, 0.2) is 0 Å². The summed E-state index contributed by atoms with van der Waals surface area (Å²) in [5, 5.41) is 19.6. The quantitative estimate of drug-likeness (QED) is 0.597. The molecule has 0 amide bonds. The van der Waals surface area contributed by atoms with Gasteiger partial charge in [0.05, 0.1) is 5.60 Å². The second-order valence-corrected chi connectivity index (χ2v) is 10.1. The Kier molecular flexibility index (Phi) is 7.17. The van der Waals surface area contributed by atoms with E-state index in [0.29, 0.717) is 25.5 Å². The fraction of sp³-hybridized carbons (Fsp3) is 0.870. The molecule has 166 valence electrons. The zero-order valence-electron chi connectivity index (χ0n) is 18.0. The molecule has 0 radical (unpaired) electrons. The third kappa shape index (κ3) is 5.76. The lowest BCUT2D eigenvalue weighted by Crippen LogP contribution is -2.41. The Bertz CT molecular complexity index is 651. The molecule has 29 heavy (non-hydrogen) atoms. The highest BCUT2D eigenvalue weighted by atomic mass is 19.4. The van der Waals surface area contributed by atoms with Crippen LogP contribution in [-0.4, -0.2) is 33.4 Å². The van der Waals surface area contributed by atoms with E-state index in [4.69, 9.17) is 0 Å². The maximum Gasteiger partial charge on any atom is 0.428 e. The van der Waals surface area contributed by atoms with Crippen molar-refractivity contribution >= 4 is 5.78 Å². The Morgan fingerprint density at radius 1 is 1.21 bits per heavy atom. The van der Waals surface area contributed by atoms with Crippen molar-refractivity contribution in [3.05, 3.63) is 0 Å². The lowest BCUT2D eigenvalue weighted by molar-refractivity contribution is -0.228. The van der Waals surface area contributed by atoms with Crippen molar-refractivity contribution in [2.75, 3.05) is 0 Å². The normalized spacial score (nSPS) is 30.9. The minimum atomic E-state index is -4.80. The van der Waals surface area contributed by atoms with Crippen LogP contribution in [0.3, 0.4) is 0 Å². The highest BCUT2D eigenvalue weighted by molar-refractivity contribution is 5.83. The van der Waals surface area contributed by atoms with Gasteiger partial charge in [0, 0.05) is 18.8 Å². The first kappa shape index (κ1) is 24.2. The number of ketones is 1. The summed E-state index contributed by atoms with van der Waals surface area (Å²) in [6.45, 7) is 6.33. The number of hydrogen-bond acceptors (Lipinski definition) is 3. The van der Waals surface area contributed by atoms with Crippen LogP contribution in [0.25, 0.3) is 0 Å². The molecular weight excluding hydrogens is 381 g/mol. The van der Waals surface area contributed by atoms with E-state index in [2.05, 4.69) is 12.8 Å². The highest BCUT2D eigenvalue weighted by Gasteiger charge is 2.53. The standard InChI is InChI=1S/C23H35F3O3/c1-20(2,28)13-5-8-16(9-6-15-22(4,29)23(24,25)26)17-11-12-18-19(27)10-7-14-21(17,18)3/h16-18,28-29H,5,7-14H2,1-4H3/t16-,17+,18?,21+,22?/m0/s1. The van der Waals surface area contributed by atoms with Crippen LogP contribution in [0.2, 0.25) is 0 Å². The average Bonchev–Trinajstić information content (AvgIpc) is 2.89. The topological polar surface area (TPSA) is 57.5 Å². The van der Waals surface area contributed by atoms with E-state index in [1.807, 2.05) is 5.92 Å². The van der Waals surface area contributed by atoms with Gasteiger partial charge in [0.25, 0.3) is 0 Å². The third-order valence-electron chi connectivity index (χ3n) is 7.12. The zero-order valence-corrected chi connectivity index (χ0v) is 18.0. The van der Waals surface area contributed by atoms with Gasteiger partial charge < -0.3 is 10.2 Å². The average molecular weight is 417 g/mol. The van der Waals surface area contributed by atoms with Crippen molar-refractivity contribution in [1.82, 2.24) is 0 Å². The lowest BCUT2D eigenvalue weighted by Gasteiger charge is -2.43. The molecular formula is C23H35F3O3. The first-order valence-corrected chi connectivity index (χ1v) is 10.7. The van der Waals surface area contributed by atoms with E-state index >= 15 is 0 Å². The Hall–Kier alpha value is -1.06. The van der Waals surface area contributed by atoms with Gasteiger partial charge >= 0.3 is 6.18 Å². The predicted molar refractivity (Wildman–Crippen MR) is 106 cm³/mol. The van der Waals surface area contributed by atoms with Gasteiger partial charge in [-0.05, 0) is 76.5 Å². The monoisotopic (exact) mass is 416 g/mol. The summed E-state index contributed by atoms with van der Waals surface area (Å²) in [5.74, 6) is 5.27. The van der Waals surface area contributed by atoms with E-state index in [1.54, 1.807) is 13.8 Å². The minimum absolute atomic E-state index is 0.0456. The van der Waals surface area contributed by atoms with Crippen LogP contribution in [0, 0.1) is 35.0 Å². The van der Waals surface area contributed by atoms with Crippen LogP contribution in [0.4, 0.5) is 13.2 Å². The van der Waals surface area contributed by atoms with Gasteiger partial charge in [0.1, 0.15) is 5.78 Å². The number of aliphatic hydroxyl groups is 2. The summed E-state index contributed by atoms with van der Waals surface area (Å²) >= 11 is 0. The smallest absolute Gasteiger partial charge is 0.390 e. The summed E-state index contributed by atoms with van der Waals surface area (Å²) in [7, 11) is 0. The first-order valence-electron chi connectivity index (χ1n) is 10.7. The van der Waals surface area contributed by atoms with Crippen molar-refractivity contribution in [1.29, 1.82) is 0 Å². The minimum Gasteiger partial charge on any atom is -0.390 e. The van der Waals surface area contributed by atoms with E-state index in [9.17, 15) is 28.2 Å². The molecule has 0 aromatic heterocycles. The number of alkyl halides is 3. The second kappa shape index (κ2) is 8.59. The summed E-state index contributed by atoms with van der Waals surface area (Å²) in [6, 6.07) is 0. The third-order valence-corrected chi connectivity index (χ3v) is 7.12. The fourth-order valence-corrected chi connectivity index (χ4v) is 5.41. The summed E-state index contributed by atoms with van der Waals surface area (Å²) in [5.41, 5.74) is -3.93. The summed E-state index contributed by atoms with van der Waals surface area (Å²) < 4.78 is 38.7. The predicted octanol–water partition coefficient (Wildman–Crippen LogP) is 5.04. The lowest BCUT2D eigenvalue weighted by atomic mass is 9.61. The van der Waals surface area contributed by atoms with Gasteiger partial charge in [-0.3, -0.25) is 4.79 Å². The molecule has 0 aromatic carbocycles. The molecule has 2 unspecified atom stereocenters. The van der Waals surface area contributed by atoms with Crippen molar-refractivity contribution in [2.45, 2.75) is 103 Å². The number of Topliss-reactive ketones (excluding diaryl/α,β-unsaturated/α-hetero) is 1. The van der Waals surface area contributed by atoms with Crippen LogP contribution in [-0.2, 0) is 4.79 Å². The van der Waals surface area contributed by atoms with E-state index in [1.165, 1.54) is 0 Å². The van der Waals surface area contributed by atoms with Gasteiger partial charge in [-0.15, -0.1) is 0 Å². The molecule has 6 heteroatoms. The Balaban J connectivity index is 2.19. The van der Waals surface area contributed by atoms with Crippen LogP contribution < -0.4 is 0 Å². The largest absolute Gasteiger partial charge is 0.428 e. The maximum absolute atomic E-state index is 12.9. The molecule has 2 N–H and O–H groups in total. The molecule has 2 saturated carbocycles. The molecule has 0 spiro atoms. The van der Waals surface area contributed by atoms with Crippen LogP contribution in [0.5, 0.6) is 0 Å². The molecule has 2 fully saturated rings.